The fraction of sp³-hybridized carbons (Fsp3) is 0.500. The monoisotopic (exact) mass is 285 g/mol. The molecule has 0 saturated heterocycles. The van der Waals surface area contributed by atoms with Crippen LogP contribution >= 0.6 is 0 Å². The number of hydrogen-bond acceptors (Lipinski definition) is 2. The van der Waals surface area contributed by atoms with Crippen molar-refractivity contribution >= 4 is 0 Å². The molecule has 1 atom stereocenters. The average Bonchev–Trinajstić information content (AvgIpc) is 2.91. The minimum absolute atomic E-state index is 0.610. The van der Waals surface area contributed by atoms with E-state index < -0.39 is 0 Å². The number of aromatic nitrogens is 2. The number of hydrogen-bond donors (Lipinski definition) is 1. The van der Waals surface area contributed by atoms with Gasteiger partial charge in [0.1, 0.15) is 0 Å². The standard InChI is InChI=1S/C18H27N3/c1-3-19-18(13-12-17-14-20-21(2)15-17)11-7-10-16-8-5-4-6-9-16/h4-6,8-9,14-15,18-19H,3,7,10-13H2,1-2H3. The van der Waals surface area contributed by atoms with Crippen LogP contribution in [0.2, 0.25) is 0 Å². The lowest BCUT2D eigenvalue weighted by Crippen LogP contribution is -2.29. The molecule has 0 amide bonds. The molecule has 0 spiro atoms. The molecule has 1 N–H and O–H groups in total. The molecular weight excluding hydrogens is 258 g/mol. The third-order valence-electron chi connectivity index (χ3n) is 3.89. The second kappa shape index (κ2) is 8.63. The summed E-state index contributed by atoms with van der Waals surface area (Å²) in [6, 6.07) is 11.4. The van der Waals surface area contributed by atoms with E-state index in [0.29, 0.717) is 6.04 Å². The zero-order valence-corrected chi connectivity index (χ0v) is 13.3. The van der Waals surface area contributed by atoms with Gasteiger partial charge in [-0.15, -0.1) is 0 Å². The Morgan fingerprint density at radius 1 is 1.10 bits per heavy atom. The maximum atomic E-state index is 4.24. The molecule has 21 heavy (non-hydrogen) atoms. The molecule has 3 heteroatoms. The Morgan fingerprint density at radius 2 is 1.90 bits per heavy atom. The Morgan fingerprint density at radius 3 is 2.57 bits per heavy atom. The summed E-state index contributed by atoms with van der Waals surface area (Å²) in [6.45, 7) is 3.23. The third kappa shape index (κ3) is 5.72. The zero-order chi connectivity index (χ0) is 14.9. The Kier molecular flexibility index (Phi) is 6.48. The van der Waals surface area contributed by atoms with E-state index in [1.54, 1.807) is 0 Å². The van der Waals surface area contributed by atoms with E-state index in [2.05, 4.69) is 53.9 Å². The molecular formula is C18H27N3. The summed E-state index contributed by atoms with van der Waals surface area (Å²) in [6.07, 6.45) is 10.1. The molecule has 1 unspecified atom stereocenters. The van der Waals surface area contributed by atoms with E-state index in [0.717, 1.165) is 13.0 Å². The van der Waals surface area contributed by atoms with Crippen molar-refractivity contribution in [3.05, 3.63) is 53.9 Å². The van der Waals surface area contributed by atoms with Crippen LogP contribution in [0.4, 0.5) is 0 Å². The van der Waals surface area contributed by atoms with E-state index in [1.807, 2.05) is 17.9 Å². The van der Waals surface area contributed by atoms with Gasteiger partial charge in [0.15, 0.2) is 0 Å². The van der Waals surface area contributed by atoms with Crippen LogP contribution in [-0.2, 0) is 19.9 Å². The molecule has 0 aliphatic heterocycles. The molecule has 1 heterocycles. The molecule has 0 saturated carbocycles. The van der Waals surface area contributed by atoms with Crippen LogP contribution in [0.3, 0.4) is 0 Å². The highest BCUT2D eigenvalue weighted by molar-refractivity contribution is 5.14. The predicted molar refractivity (Wildman–Crippen MR) is 88.4 cm³/mol. The molecule has 2 aromatic rings. The van der Waals surface area contributed by atoms with Gasteiger partial charge in [-0.25, -0.2) is 0 Å². The highest BCUT2D eigenvalue weighted by Gasteiger charge is 2.08. The molecule has 1 aromatic heterocycles. The van der Waals surface area contributed by atoms with E-state index >= 15 is 0 Å². The van der Waals surface area contributed by atoms with Gasteiger partial charge >= 0.3 is 0 Å². The first-order valence-electron chi connectivity index (χ1n) is 8.02. The minimum atomic E-state index is 0.610. The van der Waals surface area contributed by atoms with Gasteiger partial charge in [-0.1, -0.05) is 37.3 Å². The molecule has 0 aliphatic carbocycles. The first-order chi connectivity index (χ1) is 10.3. The van der Waals surface area contributed by atoms with Crippen LogP contribution < -0.4 is 5.32 Å². The van der Waals surface area contributed by atoms with Gasteiger partial charge in [0.25, 0.3) is 0 Å². The minimum Gasteiger partial charge on any atom is -0.314 e. The van der Waals surface area contributed by atoms with Crippen molar-refractivity contribution in [2.24, 2.45) is 7.05 Å². The molecule has 3 nitrogen and oxygen atoms in total. The molecule has 1 aromatic carbocycles. The molecule has 2 rings (SSSR count). The van der Waals surface area contributed by atoms with Gasteiger partial charge in [0.2, 0.25) is 0 Å². The first-order valence-corrected chi connectivity index (χ1v) is 8.02. The number of aryl methyl sites for hydroxylation is 3. The van der Waals surface area contributed by atoms with E-state index in [1.165, 1.54) is 36.8 Å². The smallest absolute Gasteiger partial charge is 0.0521 e. The highest BCUT2D eigenvalue weighted by Crippen LogP contribution is 2.11. The molecule has 0 fully saturated rings. The van der Waals surface area contributed by atoms with Crippen molar-refractivity contribution in [1.82, 2.24) is 15.1 Å². The van der Waals surface area contributed by atoms with Crippen molar-refractivity contribution in [1.29, 1.82) is 0 Å². The second-order valence-electron chi connectivity index (χ2n) is 5.69. The van der Waals surface area contributed by atoms with E-state index in [-0.39, 0.29) is 0 Å². The molecule has 114 valence electrons. The SMILES string of the molecule is CCNC(CCCc1ccccc1)CCc1cnn(C)c1. The number of nitrogens with one attached hydrogen (secondary N) is 1. The number of rotatable bonds is 9. The van der Waals surface area contributed by atoms with Crippen molar-refractivity contribution in [3.63, 3.8) is 0 Å². The summed E-state index contributed by atoms with van der Waals surface area (Å²) in [7, 11) is 1.98. The third-order valence-corrected chi connectivity index (χ3v) is 3.89. The Bertz CT molecular complexity index is 504. The summed E-state index contributed by atoms with van der Waals surface area (Å²) in [4.78, 5) is 0. The largest absolute Gasteiger partial charge is 0.314 e. The Hall–Kier alpha value is -1.61. The van der Waals surface area contributed by atoms with Crippen molar-refractivity contribution in [3.8, 4) is 0 Å². The van der Waals surface area contributed by atoms with Crippen molar-refractivity contribution in [2.45, 2.75) is 45.1 Å². The summed E-state index contributed by atoms with van der Waals surface area (Å²) in [5.41, 5.74) is 2.78. The average molecular weight is 285 g/mol. The Balaban J connectivity index is 1.73. The van der Waals surface area contributed by atoms with Gasteiger partial charge in [-0.2, -0.15) is 5.10 Å². The molecule has 0 radical (unpaired) electrons. The van der Waals surface area contributed by atoms with Crippen LogP contribution in [0.25, 0.3) is 0 Å². The molecule has 0 bridgehead atoms. The van der Waals surface area contributed by atoms with Gasteiger partial charge in [0.05, 0.1) is 6.20 Å². The van der Waals surface area contributed by atoms with E-state index in [4.69, 9.17) is 0 Å². The number of nitrogens with zero attached hydrogens (tertiary/aromatic N) is 2. The van der Waals surface area contributed by atoms with Crippen molar-refractivity contribution < 1.29 is 0 Å². The topological polar surface area (TPSA) is 29.9 Å². The van der Waals surface area contributed by atoms with E-state index in [9.17, 15) is 0 Å². The first kappa shape index (κ1) is 15.8. The predicted octanol–water partition coefficient (Wildman–Crippen LogP) is 3.35. The van der Waals surface area contributed by atoms with Gasteiger partial charge in [0, 0.05) is 19.3 Å². The fourth-order valence-corrected chi connectivity index (χ4v) is 2.78. The number of benzene rings is 1. The van der Waals surface area contributed by atoms with Crippen LogP contribution in [0.15, 0.2) is 42.7 Å². The lowest BCUT2D eigenvalue weighted by atomic mass is 10.00. The molecule has 0 aliphatic rings. The van der Waals surface area contributed by atoms with Crippen LogP contribution in [0, 0.1) is 0 Å². The summed E-state index contributed by atoms with van der Waals surface area (Å²) >= 11 is 0. The summed E-state index contributed by atoms with van der Waals surface area (Å²) in [5.74, 6) is 0. The van der Waals surface area contributed by atoms with Gasteiger partial charge in [-0.05, 0) is 49.8 Å². The maximum Gasteiger partial charge on any atom is 0.0521 e. The normalized spacial score (nSPS) is 12.5. The lowest BCUT2D eigenvalue weighted by Gasteiger charge is -2.17. The Labute approximate surface area is 128 Å². The van der Waals surface area contributed by atoms with Crippen LogP contribution in [-0.4, -0.2) is 22.4 Å². The quantitative estimate of drug-likeness (QED) is 0.765. The van der Waals surface area contributed by atoms with Crippen molar-refractivity contribution in [2.75, 3.05) is 6.54 Å². The second-order valence-corrected chi connectivity index (χ2v) is 5.69. The van der Waals surface area contributed by atoms with Gasteiger partial charge < -0.3 is 5.32 Å². The maximum absolute atomic E-state index is 4.24. The van der Waals surface area contributed by atoms with Crippen LogP contribution in [0.5, 0.6) is 0 Å². The highest BCUT2D eigenvalue weighted by atomic mass is 15.2. The lowest BCUT2D eigenvalue weighted by molar-refractivity contribution is 0.452. The van der Waals surface area contributed by atoms with Crippen LogP contribution in [0.1, 0.15) is 37.3 Å². The fourth-order valence-electron chi connectivity index (χ4n) is 2.78. The summed E-state index contributed by atoms with van der Waals surface area (Å²) < 4.78 is 1.88. The zero-order valence-electron chi connectivity index (χ0n) is 13.3. The summed E-state index contributed by atoms with van der Waals surface area (Å²) in [5, 5.41) is 7.86. The van der Waals surface area contributed by atoms with Gasteiger partial charge in [-0.3, -0.25) is 4.68 Å².